The number of ether oxygens (including phenoxy) is 1. The molecule has 0 aromatic heterocycles. The Bertz CT molecular complexity index is 328. The van der Waals surface area contributed by atoms with Gasteiger partial charge in [-0.2, -0.15) is 26.3 Å². The zero-order chi connectivity index (χ0) is 16.5. The highest BCUT2D eigenvalue weighted by Gasteiger charge is 2.58. The quantitative estimate of drug-likeness (QED) is 0.708. The SMILES string of the molecule is CC(CC(C)(CO)NC1CC1)OC(C(F)(F)F)C(F)(F)F. The molecule has 21 heavy (non-hydrogen) atoms. The largest absolute Gasteiger partial charge is 0.423 e. The molecule has 2 unspecified atom stereocenters. The lowest BCUT2D eigenvalue weighted by atomic mass is 9.95. The van der Waals surface area contributed by atoms with Crippen LogP contribution in [0.2, 0.25) is 0 Å². The first-order chi connectivity index (χ1) is 9.37. The molecule has 1 aliphatic rings. The molecule has 0 aromatic rings. The van der Waals surface area contributed by atoms with E-state index in [0.29, 0.717) is 0 Å². The van der Waals surface area contributed by atoms with E-state index in [2.05, 4.69) is 10.1 Å². The van der Waals surface area contributed by atoms with Gasteiger partial charge in [-0.1, -0.05) is 0 Å². The predicted octanol–water partition coefficient (Wildman–Crippen LogP) is 2.78. The maximum Gasteiger partial charge on any atom is 0.423 e. The minimum absolute atomic E-state index is 0.148. The molecule has 0 spiro atoms. The van der Waals surface area contributed by atoms with Crippen molar-refractivity contribution in [2.24, 2.45) is 0 Å². The summed E-state index contributed by atoms with van der Waals surface area (Å²) in [7, 11) is 0. The van der Waals surface area contributed by atoms with Crippen LogP contribution in [0.4, 0.5) is 26.3 Å². The van der Waals surface area contributed by atoms with E-state index in [1.807, 2.05) is 0 Å². The van der Waals surface area contributed by atoms with E-state index in [4.69, 9.17) is 0 Å². The van der Waals surface area contributed by atoms with E-state index >= 15 is 0 Å². The molecular formula is C12H19F6NO2. The highest BCUT2D eigenvalue weighted by atomic mass is 19.4. The van der Waals surface area contributed by atoms with Crippen molar-refractivity contribution >= 4 is 0 Å². The lowest BCUT2D eigenvalue weighted by Crippen LogP contribution is -2.51. The first-order valence-corrected chi connectivity index (χ1v) is 6.55. The van der Waals surface area contributed by atoms with Crippen molar-refractivity contribution in [1.82, 2.24) is 5.32 Å². The number of hydrogen-bond acceptors (Lipinski definition) is 3. The highest BCUT2D eigenvalue weighted by molar-refractivity contribution is 4.93. The van der Waals surface area contributed by atoms with Crippen molar-refractivity contribution in [2.75, 3.05) is 6.61 Å². The van der Waals surface area contributed by atoms with Gasteiger partial charge in [-0.15, -0.1) is 0 Å². The molecule has 2 N–H and O–H groups in total. The maximum absolute atomic E-state index is 12.4. The molecule has 0 radical (unpaired) electrons. The summed E-state index contributed by atoms with van der Waals surface area (Å²) >= 11 is 0. The van der Waals surface area contributed by atoms with Gasteiger partial charge in [0.15, 0.2) is 0 Å². The zero-order valence-corrected chi connectivity index (χ0v) is 11.7. The fourth-order valence-electron chi connectivity index (χ4n) is 2.14. The van der Waals surface area contributed by atoms with Crippen LogP contribution in [0.1, 0.15) is 33.1 Å². The molecule has 0 aromatic carbocycles. The summed E-state index contributed by atoms with van der Waals surface area (Å²) in [5.74, 6) is 0. The van der Waals surface area contributed by atoms with Gasteiger partial charge in [-0.3, -0.25) is 0 Å². The van der Waals surface area contributed by atoms with Crippen molar-refractivity contribution in [3.8, 4) is 0 Å². The number of halogens is 6. The van der Waals surface area contributed by atoms with E-state index in [0.717, 1.165) is 19.8 Å². The molecule has 0 bridgehead atoms. The third-order valence-electron chi connectivity index (χ3n) is 3.18. The molecule has 1 aliphatic carbocycles. The van der Waals surface area contributed by atoms with E-state index < -0.39 is 36.7 Å². The van der Waals surface area contributed by atoms with Gasteiger partial charge in [0.1, 0.15) is 0 Å². The monoisotopic (exact) mass is 323 g/mol. The van der Waals surface area contributed by atoms with Crippen LogP contribution in [0.15, 0.2) is 0 Å². The lowest BCUT2D eigenvalue weighted by Gasteiger charge is -2.34. The number of hydrogen-bond donors (Lipinski definition) is 2. The van der Waals surface area contributed by atoms with Gasteiger partial charge in [-0.25, -0.2) is 0 Å². The smallest absolute Gasteiger partial charge is 0.394 e. The van der Waals surface area contributed by atoms with Crippen molar-refractivity contribution < 1.29 is 36.2 Å². The van der Waals surface area contributed by atoms with Gasteiger partial charge < -0.3 is 15.2 Å². The Labute approximate surface area is 118 Å². The summed E-state index contributed by atoms with van der Waals surface area (Å²) < 4.78 is 78.6. The van der Waals surface area contributed by atoms with Crippen molar-refractivity contribution in [2.45, 2.75) is 69.3 Å². The van der Waals surface area contributed by atoms with Gasteiger partial charge >= 0.3 is 12.4 Å². The molecular weight excluding hydrogens is 304 g/mol. The second-order valence-electron chi connectivity index (χ2n) is 5.75. The Morgan fingerprint density at radius 1 is 1.14 bits per heavy atom. The molecule has 0 saturated heterocycles. The number of aliphatic hydroxyl groups is 1. The zero-order valence-electron chi connectivity index (χ0n) is 11.7. The summed E-state index contributed by atoms with van der Waals surface area (Å²) in [6.07, 6.45) is -14.6. The van der Waals surface area contributed by atoms with E-state index in [1.165, 1.54) is 0 Å². The number of alkyl halides is 6. The first kappa shape index (κ1) is 18.5. The molecule has 9 heteroatoms. The Morgan fingerprint density at radius 3 is 1.95 bits per heavy atom. The van der Waals surface area contributed by atoms with Crippen LogP contribution >= 0.6 is 0 Å². The lowest BCUT2D eigenvalue weighted by molar-refractivity contribution is -0.330. The third kappa shape index (κ3) is 5.99. The van der Waals surface area contributed by atoms with Crippen LogP contribution in [0.3, 0.4) is 0 Å². The van der Waals surface area contributed by atoms with Crippen LogP contribution in [-0.2, 0) is 4.74 Å². The molecule has 126 valence electrons. The van der Waals surface area contributed by atoms with Gasteiger partial charge in [0.05, 0.1) is 12.7 Å². The van der Waals surface area contributed by atoms with Gasteiger partial charge in [0.25, 0.3) is 0 Å². The van der Waals surface area contributed by atoms with Crippen LogP contribution < -0.4 is 5.32 Å². The van der Waals surface area contributed by atoms with Crippen LogP contribution in [-0.4, -0.2) is 47.9 Å². The Hall–Kier alpha value is -0.540. The van der Waals surface area contributed by atoms with Crippen LogP contribution in [0.25, 0.3) is 0 Å². The Kier molecular flexibility index (Phi) is 5.55. The van der Waals surface area contributed by atoms with Crippen molar-refractivity contribution in [3.63, 3.8) is 0 Å². The Morgan fingerprint density at radius 2 is 1.62 bits per heavy atom. The normalized spacial score (nSPS) is 21.4. The molecule has 3 nitrogen and oxygen atoms in total. The van der Waals surface area contributed by atoms with E-state index in [-0.39, 0.29) is 12.5 Å². The fraction of sp³-hybridized carbons (Fsp3) is 1.00. The predicted molar refractivity (Wildman–Crippen MR) is 62.7 cm³/mol. The molecule has 1 rings (SSSR count). The highest BCUT2D eigenvalue weighted by Crippen LogP contribution is 2.37. The van der Waals surface area contributed by atoms with Crippen molar-refractivity contribution in [1.29, 1.82) is 0 Å². The molecule has 0 amide bonds. The molecule has 0 aliphatic heterocycles. The summed E-state index contributed by atoms with van der Waals surface area (Å²) in [6, 6.07) is 0.148. The fourth-order valence-corrected chi connectivity index (χ4v) is 2.14. The van der Waals surface area contributed by atoms with E-state index in [9.17, 15) is 31.4 Å². The summed E-state index contributed by atoms with van der Waals surface area (Å²) in [6.45, 7) is 2.27. The van der Waals surface area contributed by atoms with E-state index in [1.54, 1.807) is 6.92 Å². The summed E-state index contributed by atoms with van der Waals surface area (Å²) in [4.78, 5) is 0. The number of nitrogens with one attached hydrogen (secondary N) is 1. The van der Waals surface area contributed by atoms with Gasteiger partial charge in [0, 0.05) is 11.6 Å². The van der Waals surface area contributed by atoms with Crippen LogP contribution in [0.5, 0.6) is 0 Å². The second kappa shape index (κ2) is 6.29. The third-order valence-corrected chi connectivity index (χ3v) is 3.18. The molecule has 1 fully saturated rings. The average molecular weight is 323 g/mol. The average Bonchev–Trinajstić information content (AvgIpc) is 3.06. The first-order valence-electron chi connectivity index (χ1n) is 6.55. The molecule has 2 atom stereocenters. The standard InChI is InChI=1S/C12H19F6NO2/c1-7(5-10(2,6-20)19-8-3-4-8)21-9(11(13,14)15)12(16,17)18/h7-9,19-20H,3-6H2,1-2H3. The Balaban J connectivity index is 2.66. The molecule has 0 heterocycles. The summed E-state index contributed by atoms with van der Waals surface area (Å²) in [5, 5.41) is 12.3. The number of rotatable bonds is 7. The topological polar surface area (TPSA) is 41.5 Å². The van der Waals surface area contributed by atoms with Gasteiger partial charge in [0.2, 0.25) is 6.10 Å². The van der Waals surface area contributed by atoms with Gasteiger partial charge in [-0.05, 0) is 33.1 Å². The minimum Gasteiger partial charge on any atom is -0.394 e. The molecule has 1 saturated carbocycles. The van der Waals surface area contributed by atoms with Crippen molar-refractivity contribution in [3.05, 3.63) is 0 Å². The van der Waals surface area contributed by atoms with Crippen LogP contribution in [0, 0.1) is 0 Å². The number of aliphatic hydroxyl groups excluding tert-OH is 1. The minimum atomic E-state index is -5.52. The maximum atomic E-state index is 12.4. The summed E-state index contributed by atoms with van der Waals surface area (Å²) in [5.41, 5.74) is -0.970. The second-order valence-corrected chi connectivity index (χ2v) is 5.75.